The summed E-state index contributed by atoms with van der Waals surface area (Å²) in [5, 5.41) is 4.49. The molecule has 0 saturated carbocycles. The van der Waals surface area contributed by atoms with E-state index in [-0.39, 0.29) is 5.28 Å². The third-order valence-electron chi connectivity index (χ3n) is 2.69. The molecule has 0 radical (unpaired) electrons. The topological polar surface area (TPSA) is 52.8 Å². The van der Waals surface area contributed by atoms with Gasteiger partial charge in [0.1, 0.15) is 6.73 Å². The van der Waals surface area contributed by atoms with Crippen LogP contribution in [0.25, 0.3) is 11.3 Å². The maximum absolute atomic E-state index is 5.68. The van der Waals surface area contributed by atoms with E-state index in [4.69, 9.17) is 16.3 Å². The predicted molar refractivity (Wildman–Crippen MR) is 77.9 cm³/mol. The minimum Gasteiger partial charge on any atom is -0.360 e. The largest absolute Gasteiger partial charge is 0.360 e. The van der Waals surface area contributed by atoms with E-state index in [2.05, 4.69) is 28.2 Å². The zero-order valence-corrected chi connectivity index (χ0v) is 13.0. The van der Waals surface area contributed by atoms with Crippen molar-refractivity contribution in [2.45, 2.75) is 25.9 Å². The molecule has 2 rings (SSSR count). The Bertz CT molecular complexity index is 515. The number of ether oxygens (including phenoxy) is 1. The van der Waals surface area contributed by atoms with E-state index in [1.807, 2.05) is 6.07 Å². The van der Waals surface area contributed by atoms with Crippen LogP contribution in [-0.2, 0) is 11.5 Å². The Morgan fingerprint density at radius 2 is 2.05 bits per heavy atom. The van der Waals surface area contributed by atoms with Gasteiger partial charge in [0, 0.05) is 39.6 Å². The summed E-state index contributed by atoms with van der Waals surface area (Å²) < 4.78 is 7.44. The third kappa shape index (κ3) is 4.12. The molecule has 102 valence electrons. The standard InChI is InChI=1S/C12H17ClN4OSi/c1-19(2)6-5-18-9-17-11(3-4-16-17)10-7-14-12(13)15-8-10/h3-4,7-8,19H,5-6,9H2,1-2H3. The molecule has 0 unspecified atom stereocenters. The first-order valence-corrected chi connectivity index (χ1v) is 9.74. The second kappa shape index (κ2) is 6.79. The van der Waals surface area contributed by atoms with Crippen LogP contribution in [0.15, 0.2) is 24.7 Å². The van der Waals surface area contributed by atoms with Gasteiger partial charge in [-0.25, -0.2) is 14.6 Å². The summed E-state index contributed by atoms with van der Waals surface area (Å²) >= 11 is 5.68. The number of halogens is 1. The SMILES string of the molecule is C[SiH](C)CCOCn1nccc1-c1cnc(Cl)nc1. The summed E-state index contributed by atoms with van der Waals surface area (Å²) in [5.74, 6) is 0. The Balaban J connectivity index is 1.99. The molecular formula is C12H17ClN4OSi. The first kappa shape index (κ1) is 14.2. The average molecular weight is 297 g/mol. The Morgan fingerprint density at radius 3 is 2.74 bits per heavy atom. The van der Waals surface area contributed by atoms with Crippen LogP contribution in [0.5, 0.6) is 0 Å². The van der Waals surface area contributed by atoms with E-state index in [0.29, 0.717) is 6.73 Å². The quantitative estimate of drug-likeness (QED) is 0.467. The normalized spacial score (nSPS) is 11.2. The van der Waals surface area contributed by atoms with Crippen LogP contribution in [0.3, 0.4) is 0 Å². The van der Waals surface area contributed by atoms with E-state index in [0.717, 1.165) is 17.9 Å². The molecule has 0 bridgehead atoms. The van der Waals surface area contributed by atoms with Crippen LogP contribution in [0.4, 0.5) is 0 Å². The first-order valence-electron chi connectivity index (χ1n) is 6.24. The van der Waals surface area contributed by atoms with Crippen molar-refractivity contribution in [1.82, 2.24) is 19.7 Å². The van der Waals surface area contributed by atoms with E-state index < -0.39 is 8.80 Å². The highest BCUT2D eigenvalue weighted by Crippen LogP contribution is 2.17. The monoisotopic (exact) mass is 296 g/mol. The van der Waals surface area contributed by atoms with Crippen LogP contribution in [0.2, 0.25) is 24.4 Å². The maximum atomic E-state index is 5.68. The fourth-order valence-corrected chi connectivity index (χ4v) is 2.33. The van der Waals surface area contributed by atoms with Crippen molar-refractivity contribution in [3.05, 3.63) is 29.9 Å². The second-order valence-corrected chi connectivity index (χ2v) is 8.38. The number of hydrogen-bond donors (Lipinski definition) is 0. The van der Waals surface area contributed by atoms with Crippen molar-refractivity contribution in [2.24, 2.45) is 0 Å². The first-order chi connectivity index (χ1) is 9.16. The molecule has 0 spiro atoms. The molecule has 0 amide bonds. The summed E-state index contributed by atoms with van der Waals surface area (Å²) in [6.45, 7) is 5.87. The van der Waals surface area contributed by atoms with Gasteiger partial charge in [0.05, 0.1) is 5.69 Å². The second-order valence-electron chi connectivity index (χ2n) is 4.68. The van der Waals surface area contributed by atoms with Gasteiger partial charge in [-0.1, -0.05) is 13.1 Å². The summed E-state index contributed by atoms with van der Waals surface area (Å²) in [7, 11) is -0.548. The fraction of sp³-hybridized carbons (Fsp3) is 0.417. The molecule has 0 atom stereocenters. The van der Waals surface area contributed by atoms with Gasteiger partial charge in [0.15, 0.2) is 0 Å². The number of hydrogen-bond acceptors (Lipinski definition) is 4. The molecule has 0 fully saturated rings. The van der Waals surface area contributed by atoms with Crippen LogP contribution >= 0.6 is 11.6 Å². The molecule has 0 aliphatic rings. The highest BCUT2D eigenvalue weighted by molar-refractivity contribution is 6.55. The highest BCUT2D eigenvalue weighted by Gasteiger charge is 2.06. The molecule has 0 aliphatic heterocycles. The van der Waals surface area contributed by atoms with Crippen molar-refractivity contribution in [1.29, 1.82) is 0 Å². The number of nitrogens with zero attached hydrogens (tertiary/aromatic N) is 4. The van der Waals surface area contributed by atoms with Gasteiger partial charge in [0.2, 0.25) is 5.28 Å². The number of aromatic nitrogens is 4. The minimum absolute atomic E-state index is 0.243. The Labute approximate surface area is 119 Å². The van der Waals surface area contributed by atoms with Crippen LogP contribution in [0, 0.1) is 0 Å². The van der Waals surface area contributed by atoms with Crippen LogP contribution in [0.1, 0.15) is 0 Å². The van der Waals surface area contributed by atoms with Crippen molar-refractivity contribution < 1.29 is 4.74 Å². The molecule has 2 aromatic heterocycles. The Hall–Kier alpha value is -1.24. The lowest BCUT2D eigenvalue weighted by molar-refractivity contribution is 0.0801. The molecule has 0 N–H and O–H groups in total. The lowest BCUT2D eigenvalue weighted by Gasteiger charge is -2.09. The van der Waals surface area contributed by atoms with Crippen molar-refractivity contribution in [3.63, 3.8) is 0 Å². The van der Waals surface area contributed by atoms with Gasteiger partial charge in [-0.3, -0.25) is 0 Å². The van der Waals surface area contributed by atoms with Crippen LogP contribution in [-0.4, -0.2) is 35.2 Å². The van der Waals surface area contributed by atoms with E-state index in [1.165, 1.54) is 6.04 Å². The summed E-state index contributed by atoms with van der Waals surface area (Å²) in [4.78, 5) is 7.95. The fourth-order valence-electron chi connectivity index (χ4n) is 1.60. The molecular weight excluding hydrogens is 280 g/mol. The maximum Gasteiger partial charge on any atom is 0.222 e. The van der Waals surface area contributed by atoms with Gasteiger partial charge in [-0.2, -0.15) is 5.10 Å². The van der Waals surface area contributed by atoms with Gasteiger partial charge in [0.25, 0.3) is 0 Å². The highest BCUT2D eigenvalue weighted by atomic mass is 35.5. The minimum atomic E-state index is -0.548. The summed E-state index contributed by atoms with van der Waals surface area (Å²) in [6, 6.07) is 3.09. The van der Waals surface area contributed by atoms with E-state index in [9.17, 15) is 0 Å². The van der Waals surface area contributed by atoms with Crippen molar-refractivity contribution in [3.8, 4) is 11.3 Å². The van der Waals surface area contributed by atoms with Crippen LogP contribution < -0.4 is 0 Å². The zero-order valence-electron chi connectivity index (χ0n) is 11.1. The van der Waals surface area contributed by atoms with E-state index in [1.54, 1.807) is 23.3 Å². The van der Waals surface area contributed by atoms with E-state index >= 15 is 0 Å². The molecule has 2 heterocycles. The summed E-state index contributed by atoms with van der Waals surface area (Å²) in [5.41, 5.74) is 1.81. The zero-order chi connectivity index (χ0) is 13.7. The lowest BCUT2D eigenvalue weighted by atomic mass is 10.2. The molecule has 19 heavy (non-hydrogen) atoms. The molecule has 0 aromatic carbocycles. The molecule has 2 aromatic rings. The van der Waals surface area contributed by atoms with Gasteiger partial charge in [-0.05, 0) is 23.7 Å². The Morgan fingerprint density at radius 1 is 1.32 bits per heavy atom. The van der Waals surface area contributed by atoms with Crippen molar-refractivity contribution >= 4 is 20.4 Å². The number of rotatable bonds is 6. The van der Waals surface area contributed by atoms with Gasteiger partial charge >= 0.3 is 0 Å². The molecule has 0 saturated heterocycles. The molecule has 7 heteroatoms. The molecule has 0 aliphatic carbocycles. The molecule has 5 nitrogen and oxygen atoms in total. The lowest BCUT2D eigenvalue weighted by Crippen LogP contribution is -2.10. The van der Waals surface area contributed by atoms with Crippen molar-refractivity contribution in [2.75, 3.05) is 6.61 Å². The van der Waals surface area contributed by atoms with Gasteiger partial charge < -0.3 is 4.74 Å². The third-order valence-corrected chi connectivity index (χ3v) is 4.27. The smallest absolute Gasteiger partial charge is 0.222 e. The Kier molecular flexibility index (Phi) is 5.06. The summed E-state index contributed by atoms with van der Waals surface area (Å²) in [6.07, 6.45) is 5.11. The van der Waals surface area contributed by atoms with Gasteiger partial charge in [-0.15, -0.1) is 0 Å². The predicted octanol–water partition coefficient (Wildman–Crippen LogP) is 2.45. The average Bonchev–Trinajstić information content (AvgIpc) is 2.84.